The molecule has 2 aliphatic heterocycles. The van der Waals surface area contributed by atoms with Gasteiger partial charge in [0.15, 0.2) is 0 Å². The summed E-state index contributed by atoms with van der Waals surface area (Å²) in [7, 11) is 1.69. The first-order valence-electron chi connectivity index (χ1n) is 6.79. The van der Waals surface area contributed by atoms with Crippen LogP contribution in [0.1, 0.15) is 24.8 Å². The first-order valence-corrected chi connectivity index (χ1v) is 6.79. The van der Waals surface area contributed by atoms with Crippen LogP contribution in [0.2, 0.25) is 0 Å². The summed E-state index contributed by atoms with van der Waals surface area (Å²) in [4.78, 5) is 2.49. The van der Waals surface area contributed by atoms with Crippen molar-refractivity contribution in [2.45, 2.75) is 37.9 Å². The number of nitrogens with zero attached hydrogens (tertiary/aromatic N) is 1. The van der Waals surface area contributed by atoms with Crippen molar-refractivity contribution in [1.29, 1.82) is 0 Å². The van der Waals surface area contributed by atoms with Crippen LogP contribution in [0.3, 0.4) is 0 Å². The minimum absolute atomic E-state index is 0.295. The number of hydrogen-bond donors (Lipinski definition) is 1. The molecule has 3 nitrogen and oxygen atoms in total. The maximum atomic E-state index is 9.50. The highest BCUT2D eigenvalue weighted by atomic mass is 16.5. The number of piperidine rings is 2. The second kappa shape index (κ2) is 4.90. The average molecular weight is 247 g/mol. The van der Waals surface area contributed by atoms with Crippen LogP contribution in [0.4, 0.5) is 0 Å². The molecule has 0 aromatic heterocycles. The van der Waals surface area contributed by atoms with Crippen molar-refractivity contribution in [3.8, 4) is 5.75 Å². The van der Waals surface area contributed by atoms with Crippen LogP contribution >= 0.6 is 0 Å². The monoisotopic (exact) mass is 247 g/mol. The predicted octanol–water partition coefficient (Wildman–Crippen LogP) is 2.04. The van der Waals surface area contributed by atoms with E-state index < -0.39 is 0 Å². The molecule has 3 fully saturated rings. The molecule has 1 atom stereocenters. The third-order valence-corrected chi connectivity index (χ3v) is 4.49. The molecule has 1 N–H and O–H groups in total. The van der Waals surface area contributed by atoms with Crippen LogP contribution in [-0.2, 0) is 6.54 Å². The molecule has 2 bridgehead atoms. The Labute approximate surface area is 108 Å². The maximum absolute atomic E-state index is 9.50. The third-order valence-electron chi connectivity index (χ3n) is 4.49. The van der Waals surface area contributed by atoms with Crippen LogP contribution < -0.4 is 4.74 Å². The average Bonchev–Trinajstić information content (AvgIpc) is 2.38. The van der Waals surface area contributed by atoms with E-state index >= 15 is 0 Å². The molecule has 1 saturated carbocycles. The molecule has 2 heterocycles. The van der Waals surface area contributed by atoms with Gasteiger partial charge in [0, 0.05) is 18.6 Å². The largest absolute Gasteiger partial charge is 0.497 e. The highest BCUT2D eigenvalue weighted by molar-refractivity contribution is 5.27. The maximum Gasteiger partial charge on any atom is 0.118 e. The minimum atomic E-state index is 0.295. The predicted molar refractivity (Wildman–Crippen MR) is 70.5 cm³/mol. The van der Waals surface area contributed by atoms with Crippen molar-refractivity contribution in [2.24, 2.45) is 5.92 Å². The molecular formula is C15H21NO2. The van der Waals surface area contributed by atoms with Crippen molar-refractivity contribution in [1.82, 2.24) is 4.90 Å². The Morgan fingerprint density at radius 1 is 1.22 bits per heavy atom. The fourth-order valence-electron chi connectivity index (χ4n) is 3.36. The van der Waals surface area contributed by atoms with E-state index in [9.17, 15) is 5.11 Å². The first kappa shape index (κ1) is 12.0. The molecular weight excluding hydrogens is 226 g/mol. The van der Waals surface area contributed by atoms with Gasteiger partial charge in [0.2, 0.25) is 0 Å². The fraction of sp³-hybridized carbons (Fsp3) is 0.600. The molecule has 1 aromatic carbocycles. The Morgan fingerprint density at radius 3 is 2.56 bits per heavy atom. The molecule has 1 unspecified atom stereocenters. The number of aliphatic hydroxyl groups is 1. The van der Waals surface area contributed by atoms with Crippen LogP contribution in [-0.4, -0.2) is 35.8 Å². The zero-order chi connectivity index (χ0) is 12.5. The van der Waals surface area contributed by atoms with Gasteiger partial charge >= 0.3 is 0 Å². The summed E-state index contributed by atoms with van der Waals surface area (Å²) in [6.07, 6.45) is 3.82. The van der Waals surface area contributed by atoms with Crippen molar-refractivity contribution in [2.75, 3.05) is 13.7 Å². The van der Waals surface area contributed by atoms with Gasteiger partial charge in [-0.15, -0.1) is 0 Å². The Hall–Kier alpha value is -1.06. The highest BCUT2D eigenvalue weighted by Crippen LogP contribution is 2.43. The lowest BCUT2D eigenvalue weighted by atomic mass is 9.70. The number of rotatable bonds is 4. The molecule has 98 valence electrons. The zero-order valence-electron chi connectivity index (χ0n) is 10.9. The second-order valence-electron chi connectivity index (χ2n) is 5.58. The molecule has 3 heteroatoms. The van der Waals surface area contributed by atoms with Gasteiger partial charge < -0.3 is 9.84 Å². The van der Waals surface area contributed by atoms with E-state index in [0.29, 0.717) is 18.7 Å². The Kier molecular flexibility index (Phi) is 3.27. The number of ether oxygens (including phenoxy) is 1. The van der Waals surface area contributed by atoms with Crippen molar-refractivity contribution < 1.29 is 9.84 Å². The summed E-state index contributed by atoms with van der Waals surface area (Å²) in [5.74, 6) is 1.78. The van der Waals surface area contributed by atoms with Gasteiger partial charge in [-0.1, -0.05) is 12.1 Å². The first-order chi connectivity index (χ1) is 8.80. The van der Waals surface area contributed by atoms with Gasteiger partial charge in [-0.05, 0) is 42.9 Å². The second-order valence-corrected chi connectivity index (χ2v) is 5.58. The van der Waals surface area contributed by atoms with Gasteiger partial charge in [-0.25, -0.2) is 0 Å². The standard InChI is InChI=1S/C15H21NO2/c1-18-15-4-2-11(3-5-15)9-16-13-6-12(7-13)8-14(16)10-17/h2-5,12-14,17H,6-10H2,1H3. The lowest BCUT2D eigenvalue weighted by Crippen LogP contribution is -2.57. The lowest BCUT2D eigenvalue weighted by Gasteiger charge is -2.53. The van der Waals surface area contributed by atoms with Crippen molar-refractivity contribution in [3.63, 3.8) is 0 Å². The molecule has 18 heavy (non-hydrogen) atoms. The molecule has 1 aliphatic carbocycles. The summed E-state index contributed by atoms with van der Waals surface area (Å²) >= 11 is 0. The summed E-state index contributed by atoms with van der Waals surface area (Å²) < 4.78 is 5.18. The quantitative estimate of drug-likeness (QED) is 0.883. The van der Waals surface area contributed by atoms with Crippen LogP contribution in [0.15, 0.2) is 24.3 Å². The van der Waals surface area contributed by atoms with Crippen molar-refractivity contribution >= 4 is 0 Å². The Morgan fingerprint density at radius 2 is 1.94 bits per heavy atom. The summed E-state index contributed by atoms with van der Waals surface area (Å²) in [6, 6.07) is 9.33. The van der Waals surface area contributed by atoms with E-state index in [2.05, 4.69) is 17.0 Å². The lowest BCUT2D eigenvalue weighted by molar-refractivity contribution is -0.0562. The summed E-state index contributed by atoms with van der Waals surface area (Å²) in [5, 5.41) is 9.50. The molecule has 0 radical (unpaired) electrons. The normalized spacial score (nSPS) is 30.9. The van der Waals surface area contributed by atoms with E-state index in [4.69, 9.17) is 4.74 Å². The van der Waals surface area contributed by atoms with E-state index in [1.165, 1.54) is 24.8 Å². The Bertz CT molecular complexity index is 397. The third kappa shape index (κ3) is 2.13. The highest BCUT2D eigenvalue weighted by Gasteiger charge is 2.43. The van der Waals surface area contributed by atoms with Gasteiger partial charge in [0.25, 0.3) is 0 Å². The molecule has 0 amide bonds. The number of fused-ring (bicyclic) bond motifs is 2. The molecule has 3 aliphatic rings. The number of benzene rings is 1. The minimum Gasteiger partial charge on any atom is -0.497 e. The summed E-state index contributed by atoms with van der Waals surface area (Å²) in [6.45, 7) is 1.25. The fourth-order valence-corrected chi connectivity index (χ4v) is 3.36. The molecule has 2 saturated heterocycles. The van der Waals surface area contributed by atoms with E-state index in [1.807, 2.05) is 12.1 Å². The van der Waals surface area contributed by atoms with Crippen LogP contribution in [0, 0.1) is 5.92 Å². The zero-order valence-corrected chi connectivity index (χ0v) is 10.9. The SMILES string of the molecule is COc1ccc(CN2C(CO)CC3CC2C3)cc1. The number of hydrogen-bond acceptors (Lipinski definition) is 3. The van der Waals surface area contributed by atoms with Crippen LogP contribution in [0.25, 0.3) is 0 Å². The number of methoxy groups -OCH3 is 1. The molecule has 1 aromatic rings. The topological polar surface area (TPSA) is 32.7 Å². The smallest absolute Gasteiger partial charge is 0.118 e. The van der Waals surface area contributed by atoms with E-state index in [-0.39, 0.29) is 0 Å². The molecule has 4 rings (SSSR count). The van der Waals surface area contributed by atoms with Gasteiger partial charge in [-0.2, -0.15) is 0 Å². The van der Waals surface area contributed by atoms with Crippen LogP contribution in [0.5, 0.6) is 5.75 Å². The molecule has 0 spiro atoms. The Balaban J connectivity index is 1.69. The van der Waals surface area contributed by atoms with Crippen molar-refractivity contribution in [3.05, 3.63) is 29.8 Å². The van der Waals surface area contributed by atoms with E-state index in [1.54, 1.807) is 7.11 Å². The van der Waals surface area contributed by atoms with E-state index in [0.717, 1.165) is 18.2 Å². The summed E-state index contributed by atoms with van der Waals surface area (Å²) in [5.41, 5.74) is 1.31. The van der Waals surface area contributed by atoms with Gasteiger partial charge in [0.1, 0.15) is 5.75 Å². The van der Waals surface area contributed by atoms with Gasteiger partial charge in [0.05, 0.1) is 13.7 Å². The number of aliphatic hydroxyl groups excluding tert-OH is 1. The van der Waals surface area contributed by atoms with Gasteiger partial charge in [-0.3, -0.25) is 4.90 Å².